The van der Waals surface area contributed by atoms with Gasteiger partial charge in [-0.25, -0.2) is 18.6 Å². The molecule has 0 aliphatic carbocycles. The van der Waals surface area contributed by atoms with E-state index in [4.69, 9.17) is 4.74 Å². The minimum absolute atomic E-state index is 0.00519. The highest BCUT2D eigenvalue weighted by Crippen LogP contribution is 2.42. The first-order valence-corrected chi connectivity index (χ1v) is 14.1. The molecular weight excluding hydrogens is 564 g/mol. The van der Waals surface area contributed by atoms with Crippen LogP contribution in [0.15, 0.2) is 33.7 Å². The molecule has 196 valence electrons. The van der Waals surface area contributed by atoms with Crippen molar-refractivity contribution in [1.29, 1.82) is 0 Å². The van der Waals surface area contributed by atoms with Crippen molar-refractivity contribution >= 4 is 55.3 Å². The fraction of sp³-hybridized carbons (Fsp3) is 0.407. The van der Waals surface area contributed by atoms with Crippen LogP contribution in [0.1, 0.15) is 58.9 Å². The van der Waals surface area contributed by atoms with Crippen molar-refractivity contribution in [3.05, 3.63) is 56.7 Å². The Hall–Kier alpha value is -2.43. The number of aromatic hydroxyl groups is 1. The molecule has 5 rings (SSSR count). The van der Waals surface area contributed by atoms with E-state index in [-0.39, 0.29) is 17.9 Å². The monoisotopic (exact) mass is 591 g/mol. The quantitative estimate of drug-likeness (QED) is 0.303. The summed E-state index contributed by atoms with van der Waals surface area (Å²) in [5.41, 5.74) is 4.25. The number of aromatic nitrogens is 1. The number of rotatable bonds is 7. The summed E-state index contributed by atoms with van der Waals surface area (Å²) in [4.78, 5) is 20.2. The van der Waals surface area contributed by atoms with Crippen molar-refractivity contribution in [2.75, 3.05) is 19.7 Å². The molecule has 0 radical (unpaired) electrons. The summed E-state index contributed by atoms with van der Waals surface area (Å²) in [6.45, 7) is 4.45. The number of likely N-dealkylation sites (tertiary alicyclic amines) is 1. The predicted molar refractivity (Wildman–Crippen MR) is 146 cm³/mol. The van der Waals surface area contributed by atoms with Crippen molar-refractivity contribution in [3.63, 3.8) is 0 Å². The summed E-state index contributed by atoms with van der Waals surface area (Å²) in [7, 11) is 1.91. The number of phenolic OH excluding ortho intramolecular Hbond substituents is 1. The van der Waals surface area contributed by atoms with Gasteiger partial charge in [0.1, 0.15) is 5.75 Å². The lowest BCUT2D eigenvalue weighted by Crippen LogP contribution is -2.19. The van der Waals surface area contributed by atoms with Crippen LogP contribution in [0.5, 0.6) is 5.75 Å². The molecule has 0 spiro atoms. The Morgan fingerprint density at radius 2 is 2.03 bits per heavy atom. The van der Waals surface area contributed by atoms with Crippen LogP contribution in [0.3, 0.4) is 0 Å². The summed E-state index contributed by atoms with van der Waals surface area (Å²) in [6, 6.07) is 6.40. The first-order chi connectivity index (χ1) is 17.8. The SMILES string of the molecule is CCOC(=O)c1c(CSC2=Nc3ccc(C(F)F)cc3C2)n(C)c2cc(Br)c(O)c(CN3CCCC3)c12. The average Bonchev–Trinajstić information content (AvgIpc) is 3.58. The summed E-state index contributed by atoms with van der Waals surface area (Å²) in [5.74, 6) is 0.154. The van der Waals surface area contributed by atoms with Gasteiger partial charge in [0.25, 0.3) is 6.43 Å². The van der Waals surface area contributed by atoms with E-state index < -0.39 is 12.4 Å². The largest absolute Gasteiger partial charge is 0.506 e. The highest BCUT2D eigenvalue weighted by molar-refractivity contribution is 9.10. The van der Waals surface area contributed by atoms with E-state index in [0.29, 0.717) is 45.4 Å². The van der Waals surface area contributed by atoms with E-state index >= 15 is 0 Å². The minimum Gasteiger partial charge on any atom is -0.506 e. The molecule has 0 unspecified atom stereocenters. The highest BCUT2D eigenvalue weighted by Gasteiger charge is 2.29. The number of aliphatic imine (C=N–C) groups is 1. The Morgan fingerprint density at radius 1 is 1.27 bits per heavy atom. The van der Waals surface area contributed by atoms with Crippen LogP contribution in [-0.4, -0.2) is 45.3 Å². The number of nitrogens with zero attached hydrogens (tertiary/aromatic N) is 3. The molecule has 37 heavy (non-hydrogen) atoms. The van der Waals surface area contributed by atoms with E-state index in [1.807, 2.05) is 17.7 Å². The zero-order valence-electron chi connectivity index (χ0n) is 20.7. The maximum Gasteiger partial charge on any atom is 0.340 e. The van der Waals surface area contributed by atoms with E-state index in [1.165, 1.54) is 23.9 Å². The van der Waals surface area contributed by atoms with Gasteiger partial charge in [-0.1, -0.05) is 6.07 Å². The molecule has 1 fully saturated rings. The molecule has 10 heteroatoms. The second kappa shape index (κ2) is 10.7. The van der Waals surface area contributed by atoms with Gasteiger partial charge in [-0.2, -0.15) is 0 Å². The Morgan fingerprint density at radius 3 is 2.73 bits per heavy atom. The lowest BCUT2D eigenvalue weighted by atomic mass is 10.0. The number of ether oxygens (including phenoxy) is 1. The second-order valence-electron chi connectivity index (χ2n) is 9.32. The lowest BCUT2D eigenvalue weighted by Gasteiger charge is -2.18. The van der Waals surface area contributed by atoms with Gasteiger partial charge in [-0.3, -0.25) is 4.90 Å². The van der Waals surface area contributed by atoms with Crippen molar-refractivity contribution in [3.8, 4) is 5.75 Å². The number of hydrogen-bond acceptors (Lipinski definition) is 6. The molecule has 3 heterocycles. The summed E-state index contributed by atoms with van der Waals surface area (Å²) in [6.07, 6.45) is 0.187. The van der Waals surface area contributed by atoms with Gasteiger partial charge in [-0.05, 0) is 72.5 Å². The normalized spacial score (nSPS) is 15.6. The number of fused-ring (bicyclic) bond motifs is 2. The number of aryl methyl sites for hydroxylation is 1. The van der Waals surface area contributed by atoms with Crippen LogP contribution in [0.25, 0.3) is 10.9 Å². The van der Waals surface area contributed by atoms with Gasteiger partial charge in [-0.15, -0.1) is 11.8 Å². The number of phenols is 1. The Kier molecular flexibility index (Phi) is 7.60. The van der Waals surface area contributed by atoms with E-state index in [2.05, 4.69) is 25.8 Å². The van der Waals surface area contributed by atoms with Gasteiger partial charge >= 0.3 is 5.97 Å². The maximum absolute atomic E-state index is 13.3. The van der Waals surface area contributed by atoms with Crippen LogP contribution in [-0.2, 0) is 30.5 Å². The standard InChI is InChI=1S/C27H28BrF2N3O3S/c1-3-36-27(35)24-21(14-37-22-11-16-10-15(26(29)30)6-7-19(16)31-22)32(2)20-12-18(28)25(34)17(23(20)24)13-33-8-4-5-9-33/h6-7,10,12,26,34H,3-5,8-9,11,13-14H2,1-2H3. The Balaban J connectivity index is 1.52. The third kappa shape index (κ3) is 5.03. The molecule has 0 bridgehead atoms. The smallest absolute Gasteiger partial charge is 0.340 e. The highest BCUT2D eigenvalue weighted by atomic mass is 79.9. The van der Waals surface area contributed by atoms with Gasteiger partial charge < -0.3 is 14.4 Å². The van der Waals surface area contributed by atoms with Crippen molar-refractivity contribution < 1.29 is 23.4 Å². The van der Waals surface area contributed by atoms with E-state index in [1.54, 1.807) is 13.0 Å². The van der Waals surface area contributed by atoms with Crippen molar-refractivity contribution in [2.24, 2.45) is 12.0 Å². The summed E-state index contributed by atoms with van der Waals surface area (Å²) >= 11 is 4.99. The molecule has 1 N–H and O–H groups in total. The second-order valence-corrected chi connectivity index (χ2v) is 11.2. The van der Waals surface area contributed by atoms with Crippen molar-refractivity contribution in [1.82, 2.24) is 9.47 Å². The maximum atomic E-state index is 13.3. The molecule has 2 aromatic carbocycles. The molecule has 1 saturated heterocycles. The zero-order chi connectivity index (χ0) is 26.3. The Bertz CT molecular complexity index is 1400. The topological polar surface area (TPSA) is 67.1 Å². The number of carbonyl (C=O) groups excluding carboxylic acids is 1. The van der Waals surface area contributed by atoms with Crippen molar-refractivity contribution in [2.45, 2.75) is 44.9 Å². The number of carbonyl (C=O) groups is 1. The third-order valence-corrected chi connectivity index (χ3v) is 8.61. The number of thioether (sulfide) groups is 1. The van der Waals surface area contributed by atoms with Gasteiger partial charge in [0.05, 0.1) is 32.9 Å². The molecule has 0 amide bonds. The predicted octanol–water partition coefficient (Wildman–Crippen LogP) is 6.88. The van der Waals surface area contributed by atoms with Crippen LogP contribution in [0.2, 0.25) is 0 Å². The van der Waals surface area contributed by atoms with Crippen LogP contribution >= 0.6 is 27.7 Å². The summed E-state index contributed by atoms with van der Waals surface area (Å²) < 4.78 is 34.3. The number of alkyl halides is 2. The van der Waals surface area contributed by atoms with E-state index in [9.17, 15) is 18.7 Å². The third-order valence-electron chi connectivity index (χ3n) is 7.02. The van der Waals surface area contributed by atoms with E-state index in [0.717, 1.165) is 47.7 Å². The van der Waals surface area contributed by atoms with Gasteiger partial charge in [0.2, 0.25) is 0 Å². The number of esters is 1. The van der Waals surface area contributed by atoms with Crippen LogP contribution < -0.4 is 0 Å². The molecule has 0 atom stereocenters. The fourth-order valence-electron chi connectivity index (χ4n) is 5.15. The number of benzene rings is 2. The molecule has 6 nitrogen and oxygen atoms in total. The van der Waals surface area contributed by atoms with Crippen LogP contribution in [0.4, 0.5) is 14.5 Å². The zero-order valence-corrected chi connectivity index (χ0v) is 23.1. The summed E-state index contributed by atoms with van der Waals surface area (Å²) in [5, 5.41) is 12.6. The first-order valence-electron chi connectivity index (χ1n) is 12.3. The molecule has 1 aromatic heterocycles. The van der Waals surface area contributed by atoms with Gasteiger partial charge in [0.15, 0.2) is 0 Å². The number of halogens is 3. The molecule has 3 aromatic rings. The minimum atomic E-state index is -2.52. The van der Waals surface area contributed by atoms with Crippen LogP contribution in [0, 0.1) is 0 Å². The molecule has 2 aliphatic heterocycles. The number of hydrogen-bond donors (Lipinski definition) is 1. The average molecular weight is 593 g/mol. The molecule has 2 aliphatic rings. The molecular formula is C27H28BrF2N3O3S. The molecule has 0 saturated carbocycles. The lowest BCUT2D eigenvalue weighted by molar-refractivity contribution is 0.0527. The first kappa shape index (κ1) is 26.2. The fourth-order valence-corrected chi connectivity index (χ4v) is 6.67. The Labute approximate surface area is 226 Å². The van der Waals surface area contributed by atoms with Gasteiger partial charge in [0, 0.05) is 48.0 Å².